The summed E-state index contributed by atoms with van der Waals surface area (Å²) in [6.07, 6.45) is -2.82. The first kappa shape index (κ1) is 11.8. The van der Waals surface area contributed by atoms with Crippen molar-refractivity contribution in [3.63, 3.8) is 0 Å². The third kappa shape index (κ3) is 2.61. The van der Waals surface area contributed by atoms with E-state index < -0.39 is 11.7 Å². The van der Waals surface area contributed by atoms with Crippen LogP contribution in [0.15, 0.2) is 24.8 Å². The first-order valence-corrected chi connectivity index (χ1v) is 4.70. The molecule has 0 radical (unpaired) electrons. The third-order valence-corrected chi connectivity index (χ3v) is 2.26. The van der Waals surface area contributed by atoms with Crippen LogP contribution in [0.2, 0.25) is 0 Å². The lowest BCUT2D eigenvalue weighted by Crippen LogP contribution is -2.06. The number of hydrogen-bond acceptors (Lipinski definition) is 0. The van der Waals surface area contributed by atoms with Gasteiger partial charge in [-0.3, -0.25) is 0 Å². The Morgan fingerprint density at radius 2 is 1.87 bits per heavy atom. The molecule has 0 amide bonds. The van der Waals surface area contributed by atoms with E-state index in [9.17, 15) is 13.2 Å². The maximum absolute atomic E-state index is 12.4. The summed E-state index contributed by atoms with van der Waals surface area (Å²) in [5.74, 6) is 0.195. The molecule has 0 aliphatic carbocycles. The molecule has 0 aliphatic heterocycles. The first-order valence-electron chi connectivity index (χ1n) is 4.70. The molecule has 0 atom stereocenters. The van der Waals surface area contributed by atoms with E-state index in [0.29, 0.717) is 5.56 Å². The summed E-state index contributed by atoms with van der Waals surface area (Å²) in [7, 11) is 0. The predicted molar refractivity (Wildman–Crippen MR) is 55.6 cm³/mol. The van der Waals surface area contributed by atoms with Gasteiger partial charge in [0.05, 0.1) is 5.56 Å². The zero-order valence-corrected chi connectivity index (χ0v) is 8.73. The Kier molecular flexibility index (Phi) is 3.22. The average molecular weight is 214 g/mol. The van der Waals surface area contributed by atoms with Gasteiger partial charge in [0.1, 0.15) is 0 Å². The zero-order chi connectivity index (χ0) is 11.6. The molecule has 1 rings (SSSR count). The van der Waals surface area contributed by atoms with Crippen molar-refractivity contribution in [1.29, 1.82) is 0 Å². The van der Waals surface area contributed by atoms with Crippen LogP contribution >= 0.6 is 0 Å². The summed E-state index contributed by atoms with van der Waals surface area (Å²) in [5, 5.41) is 0. The third-order valence-electron chi connectivity index (χ3n) is 2.26. The number of rotatable bonds is 2. The summed E-state index contributed by atoms with van der Waals surface area (Å²) in [6.45, 7) is 7.41. The molecule has 0 fully saturated rings. The van der Waals surface area contributed by atoms with E-state index in [4.69, 9.17) is 0 Å². The summed E-state index contributed by atoms with van der Waals surface area (Å²) in [6, 6.07) is 3.77. The van der Waals surface area contributed by atoms with Crippen molar-refractivity contribution >= 4 is 6.08 Å². The molecule has 0 saturated carbocycles. The maximum atomic E-state index is 12.4. The quantitative estimate of drug-likeness (QED) is 0.681. The second-order valence-electron chi connectivity index (χ2n) is 3.70. The van der Waals surface area contributed by atoms with Gasteiger partial charge in [0.15, 0.2) is 0 Å². The predicted octanol–water partition coefficient (Wildman–Crippen LogP) is 4.47. The second kappa shape index (κ2) is 4.09. The molecule has 15 heavy (non-hydrogen) atoms. The molecular formula is C12H13F3. The number of alkyl halides is 3. The largest absolute Gasteiger partial charge is 0.416 e. The van der Waals surface area contributed by atoms with Crippen LogP contribution in [0.4, 0.5) is 13.2 Å². The fraction of sp³-hybridized carbons (Fsp3) is 0.333. The van der Waals surface area contributed by atoms with E-state index in [2.05, 4.69) is 6.58 Å². The molecule has 0 nitrogen and oxygen atoms in total. The maximum Gasteiger partial charge on any atom is 0.416 e. The lowest BCUT2D eigenvalue weighted by Gasteiger charge is -2.13. The fourth-order valence-electron chi connectivity index (χ4n) is 1.45. The first-order chi connectivity index (χ1) is 6.86. The van der Waals surface area contributed by atoms with Gasteiger partial charge in [-0.05, 0) is 29.2 Å². The van der Waals surface area contributed by atoms with E-state index in [-0.39, 0.29) is 5.92 Å². The number of hydrogen-bond donors (Lipinski definition) is 0. The highest BCUT2D eigenvalue weighted by molar-refractivity contribution is 5.54. The van der Waals surface area contributed by atoms with Crippen molar-refractivity contribution in [2.75, 3.05) is 0 Å². The van der Waals surface area contributed by atoms with Gasteiger partial charge in [-0.1, -0.05) is 32.6 Å². The molecule has 0 bridgehead atoms. The molecule has 1 aromatic rings. The summed E-state index contributed by atoms with van der Waals surface area (Å²) >= 11 is 0. The smallest absolute Gasteiger partial charge is 0.166 e. The molecule has 0 saturated heterocycles. The molecule has 0 spiro atoms. The van der Waals surface area contributed by atoms with E-state index in [0.717, 1.165) is 17.7 Å². The minimum Gasteiger partial charge on any atom is -0.166 e. The Morgan fingerprint density at radius 3 is 2.27 bits per heavy atom. The minimum absolute atomic E-state index is 0.195. The van der Waals surface area contributed by atoms with Gasteiger partial charge < -0.3 is 0 Å². The van der Waals surface area contributed by atoms with Crippen LogP contribution in [-0.2, 0) is 6.18 Å². The highest BCUT2D eigenvalue weighted by Gasteiger charge is 2.30. The standard InChI is InChI=1S/C12H13F3/c1-4-9-7-10(12(13,14)15)5-6-11(9)8(2)3/h4-8H,1H2,2-3H3. The monoisotopic (exact) mass is 214 g/mol. The molecule has 0 aliphatic rings. The van der Waals surface area contributed by atoms with E-state index in [1.165, 1.54) is 12.1 Å². The van der Waals surface area contributed by atoms with E-state index in [1.54, 1.807) is 0 Å². The molecular weight excluding hydrogens is 201 g/mol. The van der Waals surface area contributed by atoms with E-state index in [1.807, 2.05) is 13.8 Å². The summed E-state index contributed by atoms with van der Waals surface area (Å²) < 4.78 is 37.2. The Hall–Kier alpha value is -1.25. The average Bonchev–Trinajstić information content (AvgIpc) is 2.15. The Balaban J connectivity index is 3.25. The van der Waals surface area contributed by atoms with Gasteiger partial charge in [-0.15, -0.1) is 0 Å². The van der Waals surface area contributed by atoms with Crippen LogP contribution in [-0.4, -0.2) is 0 Å². The summed E-state index contributed by atoms with van der Waals surface area (Å²) in [5.41, 5.74) is 0.819. The van der Waals surface area contributed by atoms with Gasteiger partial charge in [0.2, 0.25) is 0 Å². The second-order valence-corrected chi connectivity index (χ2v) is 3.70. The highest BCUT2D eigenvalue weighted by Crippen LogP contribution is 2.32. The van der Waals surface area contributed by atoms with Crippen LogP contribution in [0, 0.1) is 0 Å². The Morgan fingerprint density at radius 1 is 1.27 bits per heavy atom. The fourth-order valence-corrected chi connectivity index (χ4v) is 1.45. The Labute approximate surface area is 87.4 Å². The lowest BCUT2D eigenvalue weighted by molar-refractivity contribution is -0.137. The van der Waals surface area contributed by atoms with Gasteiger partial charge in [-0.2, -0.15) is 13.2 Å². The lowest BCUT2D eigenvalue weighted by atomic mass is 9.95. The highest BCUT2D eigenvalue weighted by atomic mass is 19.4. The summed E-state index contributed by atoms with van der Waals surface area (Å²) in [4.78, 5) is 0. The normalized spacial score (nSPS) is 11.9. The number of benzene rings is 1. The van der Waals surface area contributed by atoms with Crippen LogP contribution < -0.4 is 0 Å². The van der Waals surface area contributed by atoms with Crippen LogP contribution in [0.5, 0.6) is 0 Å². The van der Waals surface area contributed by atoms with Crippen molar-refractivity contribution in [3.8, 4) is 0 Å². The molecule has 1 aromatic carbocycles. The van der Waals surface area contributed by atoms with Gasteiger partial charge in [0, 0.05) is 0 Å². The SMILES string of the molecule is C=Cc1cc(C(F)(F)F)ccc1C(C)C. The van der Waals surface area contributed by atoms with Crippen LogP contribution in [0.3, 0.4) is 0 Å². The van der Waals surface area contributed by atoms with E-state index >= 15 is 0 Å². The minimum atomic E-state index is -4.28. The Bertz CT molecular complexity index is 362. The van der Waals surface area contributed by atoms with Crippen molar-refractivity contribution in [3.05, 3.63) is 41.5 Å². The van der Waals surface area contributed by atoms with Gasteiger partial charge >= 0.3 is 6.18 Å². The van der Waals surface area contributed by atoms with Gasteiger partial charge in [-0.25, -0.2) is 0 Å². The molecule has 82 valence electrons. The molecule has 3 heteroatoms. The van der Waals surface area contributed by atoms with Crippen LogP contribution in [0.25, 0.3) is 6.08 Å². The zero-order valence-electron chi connectivity index (χ0n) is 8.73. The van der Waals surface area contributed by atoms with Crippen molar-refractivity contribution in [2.24, 2.45) is 0 Å². The molecule has 0 N–H and O–H groups in total. The molecule has 0 unspecified atom stereocenters. The van der Waals surface area contributed by atoms with Gasteiger partial charge in [0.25, 0.3) is 0 Å². The van der Waals surface area contributed by atoms with Crippen molar-refractivity contribution in [1.82, 2.24) is 0 Å². The van der Waals surface area contributed by atoms with Crippen molar-refractivity contribution in [2.45, 2.75) is 25.9 Å². The number of halogens is 3. The topological polar surface area (TPSA) is 0 Å². The van der Waals surface area contributed by atoms with Crippen molar-refractivity contribution < 1.29 is 13.2 Å². The molecule has 0 aromatic heterocycles. The molecule has 0 heterocycles. The van der Waals surface area contributed by atoms with Crippen LogP contribution in [0.1, 0.15) is 36.5 Å².